The summed E-state index contributed by atoms with van der Waals surface area (Å²) in [6.07, 6.45) is 6.80. The molecule has 1 heterocycles. The van der Waals surface area contributed by atoms with Crippen molar-refractivity contribution in [3.8, 4) is 0 Å². The zero-order valence-electron chi connectivity index (χ0n) is 9.91. The molecule has 0 aromatic heterocycles. The molecule has 2 fully saturated rings. The molecule has 0 radical (unpaired) electrons. The average Bonchev–Trinajstić information content (AvgIpc) is 2.94. The van der Waals surface area contributed by atoms with Crippen LogP contribution in [-0.2, 0) is 14.3 Å². The third kappa shape index (κ3) is 3.08. The molecule has 3 heteroatoms. The number of rotatable bonds is 3. The highest BCUT2D eigenvalue weighted by molar-refractivity contribution is 5.86. The lowest BCUT2D eigenvalue weighted by Crippen LogP contribution is -2.17. The van der Waals surface area contributed by atoms with Crippen molar-refractivity contribution >= 4 is 5.97 Å². The molecule has 2 aliphatic rings. The van der Waals surface area contributed by atoms with Crippen LogP contribution in [0.15, 0.2) is 12.2 Å². The molecule has 2 rings (SSSR count). The molecule has 1 saturated carbocycles. The van der Waals surface area contributed by atoms with Gasteiger partial charge in [0.2, 0.25) is 0 Å². The molecule has 0 aromatic rings. The quantitative estimate of drug-likeness (QED) is 0.420. The van der Waals surface area contributed by atoms with Crippen molar-refractivity contribution < 1.29 is 14.3 Å². The summed E-state index contributed by atoms with van der Waals surface area (Å²) in [5, 5.41) is 0. The lowest BCUT2D eigenvalue weighted by atomic mass is 9.92. The van der Waals surface area contributed by atoms with Crippen molar-refractivity contribution in [3.63, 3.8) is 0 Å². The molecule has 3 nitrogen and oxygen atoms in total. The van der Waals surface area contributed by atoms with Gasteiger partial charge in [0.25, 0.3) is 0 Å². The Kier molecular flexibility index (Phi) is 3.64. The second kappa shape index (κ2) is 5.00. The normalized spacial score (nSPS) is 33.2. The molecule has 1 saturated heterocycles. The smallest absolute Gasteiger partial charge is 0.333 e. The Balaban J connectivity index is 1.71. The van der Waals surface area contributed by atoms with Crippen LogP contribution in [0.5, 0.6) is 0 Å². The fraction of sp³-hybridized carbons (Fsp3) is 0.769. The number of hydrogen-bond donors (Lipinski definition) is 0. The molecule has 90 valence electrons. The van der Waals surface area contributed by atoms with Gasteiger partial charge in [-0.15, -0.1) is 0 Å². The minimum atomic E-state index is -0.261. The van der Waals surface area contributed by atoms with Crippen molar-refractivity contribution in [2.45, 2.75) is 51.2 Å². The number of hydrogen-bond acceptors (Lipinski definition) is 3. The monoisotopic (exact) mass is 224 g/mol. The van der Waals surface area contributed by atoms with Crippen LogP contribution >= 0.6 is 0 Å². The van der Waals surface area contributed by atoms with E-state index < -0.39 is 0 Å². The van der Waals surface area contributed by atoms with Crippen molar-refractivity contribution in [3.05, 3.63) is 12.2 Å². The Morgan fingerprint density at radius 1 is 1.31 bits per heavy atom. The molecule has 16 heavy (non-hydrogen) atoms. The van der Waals surface area contributed by atoms with Gasteiger partial charge in [-0.3, -0.25) is 0 Å². The van der Waals surface area contributed by atoms with Crippen LogP contribution in [0.1, 0.15) is 39.0 Å². The standard InChI is InChI=1S/C13H20O3/c1-9(2)13(14)15-8-10-4-3-5-11-12(16-11)7-6-10/h10-12H,1,3-8H2,2H3. The maximum Gasteiger partial charge on any atom is 0.333 e. The van der Waals surface area contributed by atoms with Gasteiger partial charge in [0.1, 0.15) is 0 Å². The van der Waals surface area contributed by atoms with Crippen LogP contribution in [0.2, 0.25) is 0 Å². The first-order valence-electron chi connectivity index (χ1n) is 6.15. The van der Waals surface area contributed by atoms with E-state index >= 15 is 0 Å². The van der Waals surface area contributed by atoms with Crippen molar-refractivity contribution in [2.24, 2.45) is 5.92 Å². The van der Waals surface area contributed by atoms with Crippen LogP contribution in [0, 0.1) is 5.92 Å². The second-order valence-corrected chi connectivity index (χ2v) is 4.97. The fourth-order valence-corrected chi connectivity index (χ4v) is 2.32. The van der Waals surface area contributed by atoms with Crippen LogP contribution in [0.3, 0.4) is 0 Å². The lowest BCUT2D eigenvalue weighted by Gasteiger charge is -2.17. The Morgan fingerprint density at radius 3 is 2.81 bits per heavy atom. The SMILES string of the molecule is C=C(C)C(=O)OCC1CCCC2OC2CC1. The maximum atomic E-state index is 11.3. The molecular weight excluding hydrogens is 204 g/mol. The number of fused-ring (bicyclic) bond motifs is 1. The number of carbonyl (C=O) groups is 1. The molecule has 1 aliphatic carbocycles. The average molecular weight is 224 g/mol. The molecule has 0 aromatic carbocycles. The predicted molar refractivity (Wildman–Crippen MR) is 61.0 cm³/mol. The lowest BCUT2D eigenvalue weighted by molar-refractivity contribution is -0.140. The third-order valence-electron chi connectivity index (χ3n) is 3.45. The van der Waals surface area contributed by atoms with E-state index in [9.17, 15) is 4.79 Å². The minimum Gasteiger partial charge on any atom is -0.462 e. The van der Waals surface area contributed by atoms with Gasteiger partial charge in [-0.2, -0.15) is 0 Å². The molecular formula is C13H20O3. The van der Waals surface area contributed by atoms with Gasteiger partial charge < -0.3 is 9.47 Å². The Labute approximate surface area is 96.8 Å². The Morgan fingerprint density at radius 2 is 2.06 bits per heavy atom. The van der Waals surface area contributed by atoms with Crippen LogP contribution in [0.4, 0.5) is 0 Å². The number of ether oxygens (including phenoxy) is 2. The van der Waals surface area contributed by atoms with Crippen LogP contribution < -0.4 is 0 Å². The molecule has 0 N–H and O–H groups in total. The summed E-state index contributed by atoms with van der Waals surface area (Å²) in [5.41, 5.74) is 0.483. The first-order chi connectivity index (χ1) is 7.66. The molecule has 3 unspecified atom stereocenters. The molecule has 3 atom stereocenters. The highest BCUT2D eigenvalue weighted by Gasteiger charge is 2.39. The highest BCUT2D eigenvalue weighted by Crippen LogP contribution is 2.35. The highest BCUT2D eigenvalue weighted by atomic mass is 16.6. The van der Waals surface area contributed by atoms with E-state index in [-0.39, 0.29) is 5.97 Å². The molecule has 1 aliphatic heterocycles. The van der Waals surface area contributed by atoms with E-state index in [0.717, 1.165) is 19.3 Å². The summed E-state index contributed by atoms with van der Waals surface area (Å²) in [6, 6.07) is 0. The molecule has 0 spiro atoms. The van der Waals surface area contributed by atoms with E-state index in [2.05, 4.69) is 6.58 Å². The minimum absolute atomic E-state index is 0.261. The maximum absolute atomic E-state index is 11.3. The number of epoxide rings is 1. The van der Waals surface area contributed by atoms with Crippen molar-refractivity contribution in [1.29, 1.82) is 0 Å². The third-order valence-corrected chi connectivity index (χ3v) is 3.45. The Bertz CT molecular complexity index is 285. The van der Waals surface area contributed by atoms with E-state index in [1.165, 1.54) is 12.8 Å². The van der Waals surface area contributed by atoms with Gasteiger partial charge in [-0.1, -0.05) is 13.0 Å². The first kappa shape index (κ1) is 11.6. The largest absolute Gasteiger partial charge is 0.462 e. The Hall–Kier alpha value is -0.830. The zero-order chi connectivity index (χ0) is 11.5. The van der Waals surface area contributed by atoms with Crippen molar-refractivity contribution in [2.75, 3.05) is 6.61 Å². The second-order valence-electron chi connectivity index (χ2n) is 4.97. The molecule has 0 bridgehead atoms. The van der Waals surface area contributed by atoms with Crippen LogP contribution in [-0.4, -0.2) is 24.8 Å². The van der Waals surface area contributed by atoms with E-state index in [1.54, 1.807) is 6.92 Å². The molecule has 0 amide bonds. The number of esters is 1. The fourth-order valence-electron chi connectivity index (χ4n) is 2.32. The van der Waals surface area contributed by atoms with Gasteiger partial charge in [0, 0.05) is 5.57 Å². The van der Waals surface area contributed by atoms with Gasteiger partial charge in [-0.05, 0) is 38.5 Å². The summed E-state index contributed by atoms with van der Waals surface area (Å²) >= 11 is 0. The van der Waals surface area contributed by atoms with E-state index in [0.29, 0.717) is 30.3 Å². The van der Waals surface area contributed by atoms with E-state index in [1.807, 2.05) is 0 Å². The first-order valence-corrected chi connectivity index (χ1v) is 6.15. The number of carbonyl (C=O) groups excluding carboxylic acids is 1. The van der Waals surface area contributed by atoms with Gasteiger partial charge >= 0.3 is 5.97 Å². The van der Waals surface area contributed by atoms with Gasteiger partial charge in [-0.25, -0.2) is 4.79 Å². The van der Waals surface area contributed by atoms with Crippen molar-refractivity contribution in [1.82, 2.24) is 0 Å². The summed E-state index contributed by atoms with van der Waals surface area (Å²) in [5.74, 6) is 0.246. The van der Waals surface area contributed by atoms with Gasteiger partial charge in [0.15, 0.2) is 0 Å². The topological polar surface area (TPSA) is 38.8 Å². The van der Waals surface area contributed by atoms with Crippen LogP contribution in [0.25, 0.3) is 0 Å². The van der Waals surface area contributed by atoms with E-state index in [4.69, 9.17) is 9.47 Å². The van der Waals surface area contributed by atoms with Gasteiger partial charge in [0.05, 0.1) is 18.8 Å². The summed E-state index contributed by atoms with van der Waals surface area (Å²) in [4.78, 5) is 11.3. The summed E-state index contributed by atoms with van der Waals surface area (Å²) < 4.78 is 10.7. The summed E-state index contributed by atoms with van der Waals surface area (Å²) in [6.45, 7) is 5.80. The predicted octanol–water partition coefficient (Wildman–Crippen LogP) is 2.45. The zero-order valence-corrected chi connectivity index (χ0v) is 9.91. The summed E-state index contributed by atoms with van der Waals surface area (Å²) in [7, 11) is 0.